The van der Waals surface area contributed by atoms with Gasteiger partial charge in [-0.15, -0.1) is 0 Å². The van der Waals surface area contributed by atoms with Crippen LogP contribution < -0.4 is 9.47 Å². The quantitative estimate of drug-likeness (QED) is 0.539. The van der Waals surface area contributed by atoms with E-state index in [9.17, 15) is 14.4 Å². The molecular weight excluding hydrogens is 402 g/mol. The van der Waals surface area contributed by atoms with Crippen LogP contribution >= 0.6 is 27.7 Å². The molecule has 1 aromatic carbocycles. The van der Waals surface area contributed by atoms with E-state index in [4.69, 9.17) is 9.47 Å². The third-order valence-corrected chi connectivity index (χ3v) is 4.64. The molecular formula is C15H14BrNO6S. The van der Waals surface area contributed by atoms with Crippen molar-refractivity contribution >= 4 is 50.9 Å². The van der Waals surface area contributed by atoms with E-state index < -0.39 is 23.7 Å². The van der Waals surface area contributed by atoms with Crippen molar-refractivity contribution in [1.82, 2.24) is 4.90 Å². The van der Waals surface area contributed by atoms with Gasteiger partial charge in [0.2, 0.25) is 0 Å². The summed E-state index contributed by atoms with van der Waals surface area (Å²) in [5, 5.41) is -0.517. The zero-order chi connectivity index (χ0) is 17.9. The number of carbonyl (C=O) groups is 3. The Hall–Kier alpha value is -2.00. The number of amides is 2. The lowest BCUT2D eigenvalue weighted by atomic mass is 10.2. The first-order valence-electron chi connectivity index (χ1n) is 6.65. The Labute approximate surface area is 151 Å². The molecule has 1 aliphatic rings. The smallest absolute Gasteiger partial charge is 0.325 e. The van der Waals surface area contributed by atoms with Gasteiger partial charge in [-0.25, -0.2) is 0 Å². The summed E-state index contributed by atoms with van der Waals surface area (Å²) in [4.78, 5) is 36.5. The van der Waals surface area contributed by atoms with Crippen molar-refractivity contribution in [2.75, 3.05) is 27.9 Å². The Morgan fingerprint density at radius 2 is 1.96 bits per heavy atom. The molecule has 1 heterocycles. The van der Waals surface area contributed by atoms with E-state index in [1.54, 1.807) is 18.2 Å². The number of carbonyl (C=O) groups excluding carboxylic acids is 3. The van der Waals surface area contributed by atoms with Gasteiger partial charge in [-0.3, -0.25) is 19.3 Å². The summed E-state index contributed by atoms with van der Waals surface area (Å²) in [6.07, 6.45) is 1.55. The van der Waals surface area contributed by atoms with Gasteiger partial charge in [0.25, 0.3) is 11.1 Å². The number of halogens is 1. The maximum atomic E-state index is 12.3. The second-order valence-corrected chi connectivity index (χ2v) is 6.43. The van der Waals surface area contributed by atoms with Crippen molar-refractivity contribution in [3.63, 3.8) is 0 Å². The largest absolute Gasteiger partial charge is 0.493 e. The minimum Gasteiger partial charge on any atom is -0.493 e. The van der Waals surface area contributed by atoms with E-state index in [1.165, 1.54) is 21.3 Å². The molecule has 0 atom stereocenters. The summed E-state index contributed by atoms with van der Waals surface area (Å²) in [5.74, 6) is -0.200. The number of esters is 1. The molecule has 1 fully saturated rings. The van der Waals surface area contributed by atoms with E-state index in [1.807, 2.05) is 0 Å². The molecule has 1 aliphatic heterocycles. The van der Waals surface area contributed by atoms with Crippen molar-refractivity contribution in [2.45, 2.75) is 0 Å². The number of hydrogen-bond donors (Lipinski definition) is 0. The number of nitrogens with zero attached hydrogens (tertiary/aromatic N) is 1. The summed E-state index contributed by atoms with van der Waals surface area (Å²) in [7, 11) is 4.21. The highest BCUT2D eigenvalue weighted by Gasteiger charge is 2.36. The van der Waals surface area contributed by atoms with Gasteiger partial charge < -0.3 is 14.2 Å². The van der Waals surface area contributed by atoms with Gasteiger partial charge in [-0.2, -0.15) is 0 Å². The minimum absolute atomic E-state index is 0.211. The van der Waals surface area contributed by atoms with Crippen LogP contribution in [0.3, 0.4) is 0 Å². The third kappa shape index (κ3) is 3.73. The summed E-state index contributed by atoms with van der Waals surface area (Å²) in [6.45, 7) is -0.409. The molecule has 2 amide bonds. The van der Waals surface area contributed by atoms with Gasteiger partial charge in [-0.1, -0.05) is 0 Å². The fourth-order valence-electron chi connectivity index (χ4n) is 2.00. The molecule has 1 aromatic rings. The van der Waals surface area contributed by atoms with E-state index >= 15 is 0 Å². The number of thioether (sulfide) groups is 1. The fourth-order valence-corrected chi connectivity index (χ4v) is 3.46. The van der Waals surface area contributed by atoms with Crippen LogP contribution in [0, 0.1) is 0 Å². The summed E-state index contributed by atoms with van der Waals surface area (Å²) in [6, 6.07) is 3.41. The molecule has 7 nitrogen and oxygen atoms in total. The number of rotatable bonds is 5. The average molecular weight is 416 g/mol. The molecule has 1 saturated heterocycles. The molecule has 2 rings (SSSR count). The van der Waals surface area contributed by atoms with Crippen LogP contribution in [0.15, 0.2) is 21.5 Å². The number of hydrogen-bond acceptors (Lipinski definition) is 7. The molecule has 0 saturated carbocycles. The van der Waals surface area contributed by atoms with Crippen molar-refractivity contribution in [2.24, 2.45) is 0 Å². The average Bonchev–Trinajstić information content (AvgIpc) is 2.81. The molecule has 0 bridgehead atoms. The molecule has 0 spiro atoms. The predicted molar refractivity (Wildman–Crippen MR) is 91.9 cm³/mol. The highest BCUT2D eigenvalue weighted by molar-refractivity contribution is 9.10. The Bertz CT molecular complexity index is 733. The Kier molecular flexibility index (Phi) is 5.89. The third-order valence-electron chi connectivity index (χ3n) is 3.14. The van der Waals surface area contributed by atoms with Crippen LogP contribution in [0.2, 0.25) is 0 Å². The second kappa shape index (κ2) is 7.71. The van der Waals surface area contributed by atoms with Crippen LogP contribution in [-0.2, 0) is 14.3 Å². The zero-order valence-electron chi connectivity index (χ0n) is 13.1. The van der Waals surface area contributed by atoms with Crippen molar-refractivity contribution in [1.29, 1.82) is 0 Å². The van der Waals surface area contributed by atoms with Crippen LogP contribution in [0.25, 0.3) is 6.08 Å². The summed E-state index contributed by atoms with van der Waals surface area (Å²) < 4.78 is 15.6. The molecule has 128 valence electrons. The predicted octanol–water partition coefficient (Wildman–Crippen LogP) is 2.68. The Balaban J connectivity index is 2.32. The van der Waals surface area contributed by atoms with Crippen molar-refractivity contribution < 1.29 is 28.6 Å². The monoisotopic (exact) mass is 415 g/mol. The van der Waals surface area contributed by atoms with Gasteiger partial charge in [0.1, 0.15) is 6.54 Å². The topological polar surface area (TPSA) is 82.1 Å². The van der Waals surface area contributed by atoms with Gasteiger partial charge >= 0.3 is 5.97 Å². The Morgan fingerprint density at radius 1 is 1.25 bits per heavy atom. The standard InChI is InChI=1S/C15H14BrNO6S/c1-21-10-5-8(4-9(16)13(10)23-3)6-11-14(19)17(15(20)24-11)7-12(18)22-2/h4-6H,7H2,1-3H3/b11-6-. The van der Waals surface area contributed by atoms with E-state index in [2.05, 4.69) is 20.7 Å². The van der Waals surface area contributed by atoms with E-state index in [0.29, 0.717) is 21.5 Å². The molecule has 9 heteroatoms. The number of ether oxygens (including phenoxy) is 3. The second-order valence-electron chi connectivity index (χ2n) is 4.58. The van der Waals surface area contributed by atoms with Crippen LogP contribution in [0.5, 0.6) is 11.5 Å². The van der Waals surface area contributed by atoms with Gasteiger partial charge in [0, 0.05) is 0 Å². The lowest BCUT2D eigenvalue weighted by molar-refractivity contribution is -0.143. The lowest BCUT2D eigenvalue weighted by Crippen LogP contribution is -2.34. The van der Waals surface area contributed by atoms with Gasteiger partial charge in [0.15, 0.2) is 11.5 Å². The normalized spacial score (nSPS) is 15.8. The minimum atomic E-state index is -0.660. The number of methoxy groups -OCH3 is 3. The maximum absolute atomic E-state index is 12.3. The van der Waals surface area contributed by atoms with E-state index in [0.717, 1.165) is 16.7 Å². The highest BCUT2D eigenvalue weighted by atomic mass is 79.9. The first-order chi connectivity index (χ1) is 11.4. The number of benzene rings is 1. The molecule has 0 aliphatic carbocycles. The lowest BCUT2D eigenvalue weighted by Gasteiger charge is -2.11. The highest BCUT2D eigenvalue weighted by Crippen LogP contribution is 2.38. The van der Waals surface area contributed by atoms with Crippen LogP contribution in [0.1, 0.15) is 5.56 Å². The Morgan fingerprint density at radius 3 is 2.54 bits per heavy atom. The fraction of sp³-hybridized carbons (Fsp3) is 0.267. The SMILES string of the molecule is COC(=O)CN1C(=O)S/C(=C\c2cc(Br)c(OC)c(OC)c2)C1=O. The van der Waals surface area contributed by atoms with Crippen LogP contribution in [-0.4, -0.2) is 49.9 Å². The first kappa shape index (κ1) is 18.3. The first-order valence-corrected chi connectivity index (χ1v) is 8.26. The van der Waals surface area contributed by atoms with Crippen molar-refractivity contribution in [3.05, 3.63) is 27.1 Å². The molecule has 0 N–H and O–H groups in total. The molecule has 0 aromatic heterocycles. The summed E-state index contributed by atoms with van der Waals surface area (Å²) in [5.41, 5.74) is 0.642. The van der Waals surface area contributed by atoms with Crippen LogP contribution in [0.4, 0.5) is 4.79 Å². The zero-order valence-corrected chi connectivity index (χ0v) is 15.5. The van der Waals surface area contributed by atoms with Gasteiger partial charge in [0.05, 0.1) is 30.7 Å². The molecule has 0 radical (unpaired) electrons. The molecule has 24 heavy (non-hydrogen) atoms. The van der Waals surface area contributed by atoms with E-state index in [-0.39, 0.29) is 4.91 Å². The number of imide groups is 1. The summed E-state index contributed by atoms with van der Waals surface area (Å²) >= 11 is 4.13. The maximum Gasteiger partial charge on any atom is 0.325 e. The van der Waals surface area contributed by atoms with Gasteiger partial charge in [-0.05, 0) is 51.5 Å². The molecule has 0 unspecified atom stereocenters. The van der Waals surface area contributed by atoms with Crippen molar-refractivity contribution in [3.8, 4) is 11.5 Å².